The Morgan fingerprint density at radius 2 is 1.86 bits per heavy atom. The Morgan fingerprint density at radius 3 is 2.69 bits per heavy atom. The number of benzene rings is 2. The van der Waals surface area contributed by atoms with Crippen molar-refractivity contribution in [3.05, 3.63) is 96.0 Å². The molecule has 3 aromatic heterocycles. The smallest absolute Gasteiger partial charge is 0.224 e. The first-order chi connectivity index (χ1) is 20.4. The fraction of sp³-hybridized carbons (Fsp3) is 0.212. The number of fused-ring (bicyclic) bond motifs is 2. The number of aromatic amines is 1. The van der Waals surface area contributed by atoms with Crippen molar-refractivity contribution in [1.29, 1.82) is 0 Å². The maximum absolute atomic E-state index is 14.1. The van der Waals surface area contributed by atoms with Crippen LogP contribution in [0.5, 0.6) is 5.75 Å². The lowest BCUT2D eigenvalue weighted by molar-refractivity contribution is -0.116. The van der Waals surface area contributed by atoms with Gasteiger partial charge < -0.3 is 15.4 Å². The molecule has 1 aliphatic heterocycles. The summed E-state index contributed by atoms with van der Waals surface area (Å²) in [5.41, 5.74) is 8.12. The maximum atomic E-state index is 14.1. The zero-order valence-corrected chi connectivity index (χ0v) is 23.4. The Hall–Kier alpha value is -4.89. The number of aromatic hydroxyl groups is 1. The molecule has 0 aliphatic carbocycles. The van der Waals surface area contributed by atoms with Gasteiger partial charge in [-0.05, 0) is 60.4 Å². The number of amides is 1. The molecule has 4 N–H and O–H groups in total. The van der Waals surface area contributed by atoms with Crippen molar-refractivity contribution in [2.45, 2.75) is 39.2 Å². The summed E-state index contributed by atoms with van der Waals surface area (Å²) in [6.07, 6.45) is 9.11. The van der Waals surface area contributed by atoms with E-state index in [4.69, 9.17) is 4.99 Å². The lowest BCUT2D eigenvalue weighted by Gasteiger charge is -2.16. The van der Waals surface area contributed by atoms with E-state index in [9.17, 15) is 14.3 Å². The molecule has 1 atom stereocenters. The molecule has 9 heteroatoms. The molecular formula is C33H31FN6O2. The number of hydrogen-bond acceptors (Lipinski definition) is 6. The van der Waals surface area contributed by atoms with Gasteiger partial charge in [0.25, 0.3) is 0 Å². The van der Waals surface area contributed by atoms with Crippen molar-refractivity contribution in [3.8, 4) is 28.0 Å². The molecule has 2 aromatic carbocycles. The lowest BCUT2D eigenvalue weighted by Crippen LogP contribution is -2.17. The van der Waals surface area contributed by atoms with E-state index in [2.05, 4.69) is 57.6 Å². The normalized spacial score (nSPS) is 14.7. The Labute approximate surface area is 242 Å². The Balaban J connectivity index is 1.40. The van der Waals surface area contributed by atoms with E-state index in [0.29, 0.717) is 29.9 Å². The third kappa shape index (κ3) is 5.51. The molecule has 8 nitrogen and oxygen atoms in total. The standard InChI is InChI=1S/C33H31FN6O2/c1-3-4-5-32(42)39-24-9-22(14-35-15-24)20-6-7-26-19(2)37-18-38-33(28(26)11-20)30-13-27-29(16-36-17-31(27)40-30)21-8-23(34)12-25(41)10-21/h6-17,19,37,40-41H,3-5,18H2,1-2H3,(H,39,42)/t19-/m1/s1. The van der Waals surface area contributed by atoms with Crippen LogP contribution in [-0.4, -0.2) is 38.3 Å². The van der Waals surface area contributed by atoms with Gasteiger partial charge in [0.1, 0.15) is 11.6 Å². The van der Waals surface area contributed by atoms with E-state index in [-0.39, 0.29) is 17.7 Å². The number of carbonyl (C=O) groups is 1. The summed E-state index contributed by atoms with van der Waals surface area (Å²) >= 11 is 0. The molecule has 212 valence electrons. The van der Waals surface area contributed by atoms with E-state index in [0.717, 1.165) is 63.5 Å². The molecule has 6 rings (SSSR count). The minimum Gasteiger partial charge on any atom is -0.508 e. The van der Waals surface area contributed by atoms with Gasteiger partial charge in [-0.3, -0.25) is 25.1 Å². The van der Waals surface area contributed by atoms with Crippen LogP contribution in [0, 0.1) is 5.82 Å². The van der Waals surface area contributed by atoms with Crippen molar-refractivity contribution in [2.24, 2.45) is 4.99 Å². The molecule has 0 saturated heterocycles. The highest BCUT2D eigenvalue weighted by atomic mass is 19.1. The Bertz CT molecular complexity index is 1810. The lowest BCUT2D eigenvalue weighted by atomic mass is 9.92. The second kappa shape index (κ2) is 11.5. The van der Waals surface area contributed by atoms with Crippen LogP contribution in [0.15, 0.2) is 78.3 Å². The van der Waals surface area contributed by atoms with Crippen molar-refractivity contribution in [2.75, 3.05) is 12.0 Å². The van der Waals surface area contributed by atoms with Gasteiger partial charge in [-0.2, -0.15) is 0 Å². The Kier molecular flexibility index (Phi) is 7.50. The highest BCUT2D eigenvalue weighted by Gasteiger charge is 2.22. The molecule has 0 unspecified atom stereocenters. The minimum atomic E-state index is -0.522. The van der Waals surface area contributed by atoms with E-state index < -0.39 is 5.82 Å². The average Bonchev–Trinajstić information content (AvgIpc) is 3.34. The molecule has 0 radical (unpaired) electrons. The summed E-state index contributed by atoms with van der Waals surface area (Å²) in [5.74, 6) is -0.689. The SMILES string of the molecule is CCCCC(=O)Nc1cncc(-c2ccc3c(c2)C(c2cc4c(-c5cc(O)cc(F)c5)cncc4[nH]2)=NCN[C@@H]3C)c1. The second-order valence-electron chi connectivity index (χ2n) is 10.5. The van der Waals surface area contributed by atoms with Gasteiger partial charge in [0.15, 0.2) is 0 Å². The van der Waals surface area contributed by atoms with E-state index >= 15 is 0 Å². The van der Waals surface area contributed by atoms with Crippen LogP contribution in [0.2, 0.25) is 0 Å². The molecule has 0 fully saturated rings. The van der Waals surface area contributed by atoms with Crippen LogP contribution < -0.4 is 10.6 Å². The average molecular weight is 563 g/mol. The van der Waals surface area contributed by atoms with E-state index in [1.165, 1.54) is 12.1 Å². The van der Waals surface area contributed by atoms with Gasteiger partial charge in [0.05, 0.1) is 41.7 Å². The molecule has 0 saturated carbocycles. The topological polar surface area (TPSA) is 115 Å². The third-order valence-electron chi connectivity index (χ3n) is 7.52. The number of phenolic OH excluding ortho intramolecular Hbond substituents is 1. The summed E-state index contributed by atoms with van der Waals surface area (Å²) < 4.78 is 14.1. The molecular weight excluding hydrogens is 531 g/mol. The second-order valence-corrected chi connectivity index (χ2v) is 10.5. The zero-order chi connectivity index (χ0) is 29.2. The summed E-state index contributed by atoms with van der Waals surface area (Å²) in [6, 6.07) is 14.2. The van der Waals surface area contributed by atoms with Crippen LogP contribution in [0.1, 0.15) is 56.0 Å². The maximum Gasteiger partial charge on any atom is 0.224 e. The summed E-state index contributed by atoms with van der Waals surface area (Å²) in [7, 11) is 0. The monoisotopic (exact) mass is 562 g/mol. The van der Waals surface area contributed by atoms with Crippen LogP contribution in [0.4, 0.5) is 10.1 Å². The molecule has 42 heavy (non-hydrogen) atoms. The number of pyridine rings is 2. The third-order valence-corrected chi connectivity index (χ3v) is 7.52. The van der Waals surface area contributed by atoms with Gasteiger partial charge in [-0.15, -0.1) is 0 Å². The molecule has 4 heterocycles. The Morgan fingerprint density at radius 1 is 1.00 bits per heavy atom. The molecule has 0 bridgehead atoms. The summed E-state index contributed by atoms with van der Waals surface area (Å²) in [4.78, 5) is 29.4. The number of anilines is 1. The fourth-order valence-electron chi connectivity index (χ4n) is 5.37. The fourth-order valence-corrected chi connectivity index (χ4v) is 5.37. The van der Waals surface area contributed by atoms with E-state index in [1.807, 2.05) is 12.1 Å². The highest BCUT2D eigenvalue weighted by Crippen LogP contribution is 2.34. The first-order valence-corrected chi connectivity index (χ1v) is 14.0. The van der Waals surface area contributed by atoms with Crippen molar-refractivity contribution >= 4 is 28.2 Å². The number of rotatable bonds is 7. The summed E-state index contributed by atoms with van der Waals surface area (Å²) in [6.45, 7) is 4.59. The first kappa shape index (κ1) is 27.3. The number of aliphatic imine (C=N–C) groups is 1. The van der Waals surface area contributed by atoms with Gasteiger partial charge >= 0.3 is 0 Å². The predicted octanol–water partition coefficient (Wildman–Crippen LogP) is 6.72. The summed E-state index contributed by atoms with van der Waals surface area (Å²) in [5, 5.41) is 17.2. The van der Waals surface area contributed by atoms with Crippen LogP contribution in [0.3, 0.4) is 0 Å². The van der Waals surface area contributed by atoms with Crippen molar-refractivity contribution in [1.82, 2.24) is 20.3 Å². The number of carbonyl (C=O) groups excluding carboxylic acids is 1. The predicted molar refractivity (Wildman–Crippen MR) is 163 cm³/mol. The number of aromatic nitrogens is 3. The van der Waals surface area contributed by atoms with Crippen LogP contribution in [-0.2, 0) is 4.79 Å². The first-order valence-electron chi connectivity index (χ1n) is 14.0. The van der Waals surface area contributed by atoms with Crippen molar-refractivity contribution < 1.29 is 14.3 Å². The van der Waals surface area contributed by atoms with Gasteiger partial charge in [0.2, 0.25) is 5.91 Å². The highest BCUT2D eigenvalue weighted by molar-refractivity contribution is 6.16. The zero-order valence-electron chi connectivity index (χ0n) is 23.4. The molecule has 0 spiro atoms. The number of hydrogen-bond donors (Lipinski definition) is 4. The van der Waals surface area contributed by atoms with Gasteiger partial charge in [0, 0.05) is 53.0 Å². The van der Waals surface area contributed by atoms with Crippen LogP contribution >= 0.6 is 0 Å². The van der Waals surface area contributed by atoms with Crippen LogP contribution in [0.25, 0.3) is 33.2 Å². The molecule has 5 aromatic rings. The number of nitrogens with one attached hydrogen (secondary N) is 3. The van der Waals surface area contributed by atoms with Crippen molar-refractivity contribution in [3.63, 3.8) is 0 Å². The number of nitrogens with zero attached hydrogens (tertiary/aromatic N) is 3. The number of halogens is 1. The number of unbranched alkanes of at least 4 members (excludes halogenated alkanes) is 1. The minimum absolute atomic E-state index is 0.0202. The number of phenols is 1. The van der Waals surface area contributed by atoms with E-state index in [1.54, 1.807) is 24.8 Å². The number of H-pyrrole nitrogens is 1. The largest absolute Gasteiger partial charge is 0.508 e. The quantitative estimate of drug-likeness (QED) is 0.176. The van der Waals surface area contributed by atoms with Gasteiger partial charge in [-0.1, -0.05) is 25.5 Å². The molecule has 1 amide bonds. The molecule has 1 aliphatic rings. The van der Waals surface area contributed by atoms with Gasteiger partial charge in [-0.25, -0.2) is 4.39 Å².